The lowest BCUT2D eigenvalue weighted by molar-refractivity contribution is -0.281. The number of hydrogen-bond donors (Lipinski definition) is 7. The van der Waals surface area contributed by atoms with E-state index in [1.807, 2.05) is 0 Å². The quantitative estimate of drug-likeness (QED) is 0.0747. The third-order valence-corrected chi connectivity index (χ3v) is 8.49. The van der Waals surface area contributed by atoms with E-state index in [1.165, 1.54) is 73.9 Å². The molecule has 5 atom stereocenters. The van der Waals surface area contributed by atoms with Gasteiger partial charge in [-0.15, -0.1) is 0 Å². The minimum Gasteiger partial charge on any atom is -0.508 e. The molecule has 1 fully saturated rings. The van der Waals surface area contributed by atoms with Crippen LogP contribution in [0.15, 0.2) is 100 Å². The van der Waals surface area contributed by atoms with Crippen molar-refractivity contribution >= 4 is 35.1 Å². The van der Waals surface area contributed by atoms with Crippen LogP contribution in [0.3, 0.4) is 0 Å². The zero-order chi connectivity index (χ0) is 40.1. The highest BCUT2D eigenvalue weighted by Gasteiger charge is 2.49. The summed E-state index contributed by atoms with van der Waals surface area (Å²) >= 11 is 0. The lowest BCUT2D eigenvalue weighted by Gasteiger charge is -2.41. The number of phenolic OH excluding ortho intramolecular Hbond substituents is 5. The van der Waals surface area contributed by atoms with Crippen LogP contribution in [-0.4, -0.2) is 92.1 Å². The average molecular weight is 771 g/mol. The molecule has 16 nitrogen and oxygen atoms in total. The van der Waals surface area contributed by atoms with Gasteiger partial charge in [0.25, 0.3) is 0 Å². The van der Waals surface area contributed by atoms with Crippen molar-refractivity contribution in [2.75, 3.05) is 13.7 Å². The highest BCUT2D eigenvalue weighted by atomic mass is 16.7. The molecule has 1 aliphatic heterocycles. The first-order valence-corrected chi connectivity index (χ1v) is 16.7. The fraction of sp³-hybridized carbons (Fsp3) is 0.175. The van der Waals surface area contributed by atoms with E-state index in [4.69, 9.17) is 28.1 Å². The van der Waals surface area contributed by atoms with Gasteiger partial charge >= 0.3 is 11.9 Å². The maximum Gasteiger partial charge on any atom is 0.331 e. The van der Waals surface area contributed by atoms with Crippen LogP contribution in [0.25, 0.3) is 34.4 Å². The summed E-state index contributed by atoms with van der Waals surface area (Å²) in [5, 5.41) is 72.3. The number of hydrogen-bond acceptors (Lipinski definition) is 16. The van der Waals surface area contributed by atoms with Gasteiger partial charge in [-0.1, -0.05) is 18.2 Å². The fourth-order valence-electron chi connectivity index (χ4n) is 5.67. The van der Waals surface area contributed by atoms with Crippen LogP contribution < -0.4 is 14.9 Å². The summed E-state index contributed by atoms with van der Waals surface area (Å²) in [4.78, 5) is 39.7. The smallest absolute Gasteiger partial charge is 0.331 e. The Hall–Kier alpha value is -7.01. The monoisotopic (exact) mass is 770 g/mol. The molecule has 5 aromatic rings. The van der Waals surface area contributed by atoms with Gasteiger partial charge in [-0.25, -0.2) is 9.59 Å². The topological polar surface area (TPSA) is 252 Å². The Morgan fingerprint density at radius 3 is 2.09 bits per heavy atom. The molecule has 7 N–H and O–H groups in total. The van der Waals surface area contributed by atoms with Gasteiger partial charge in [0.2, 0.25) is 17.5 Å². The van der Waals surface area contributed by atoms with E-state index in [0.29, 0.717) is 11.1 Å². The molecule has 2 heterocycles. The van der Waals surface area contributed by atoms with E-state index in [-0.39, 0.29) is 39.9 Å². The van der Waals surface area contributed by atoms with Crippen molar-refractivity contribution < 1.29 is 73.4 Å². The van der Waals surface area contributed by atoms with E-state index in [2.05, 4.69) is 0 Å². The predicted molar refractivity (Wildman–Crippen MR) is 196 cm³/mol. The second-order valence-corrected chi connectivity index (χ2v) is 12.3. The molecule has 0 aliphatic carbocycles. The zero-order valence-corrected chi connectivity index (χ0v) is 29.2. The number of rotatable bonds is 11. The molecule has 0 radical (unpaired) electrons. The van der Waals surface area contributed by atoms with Crippen molar-refractivity contribution in [3.05, 3.63) is 112 Å². The number of methoxy groups -OCH3 is 1. The van der Waals surface area contributed by atoms with Gasteiger partial charge < -0.3 is 63.8 Å². The van der Waals surface area contributed by atoms with Gasteiger partial charge in [0.15, 0.2) is 29.5 Å². The second-order valence-electron chi connectivity index (χ2n) is 12.3. The Bertz CT molecular complexity index is 2350. The molecule has 1 saturated heterocycles. The Kier molecular flexibility index (Phi) is 11.4. The highest BCUT2D eigenvalue weighted by molar-refractivity contribution is 5.89. The van der Waals surface area contributed by atoms with E-state index in [9.17, 15) is 50.1 Å². The molecule has 0 spiro atoms. The lowest BCUT2D eigenvalue weighted by Crippen LogP contribution is -2.61. The zero-order valence-electron chi connectivity index (χ0n) is 29.2. The van der Waals surface area contributed by atoms with E-state index < -0.39 is 77.3 Å². The van der Waals surface area contributed by atoms with Crippen LogP contribution in [0.4, 0.5) is 0 Å². The maximum atomic E-state index is 13.9. The summed E-state index contributed by atoms with van der Waals surface area (Å²) in [7, 11) is 1.34. The summed E-state index contributed by atoms with van der Waals surface area (Å²) in [6.07, 6.45) is -4.43. The number of aromatic hydroxyl groups is 5. The number of carbonyl (C=O) groups is 2. The Morgan fingerprint density at radius 2 is 1.39 bits per heavy atom. The lowest BCUT2D eigenvalue weighted by atomic mass is 9.98. The van der Waals surface area contributed by atoms with Gasteiger partial charge in [-0.05, 0) is 71.8 Å². The van der Waals surface area contributed by atoms with E-state index in [1.54, 1.807) is 12.1 Å². The molecular formula is C40H34O16. The number of ether oxygens (including phenoxy) is 5. The third kappa shape index (κ3) is 8.68. The number of phenols is 5. The molecule has 0 saturated carbocycles. The highest BCUT2D eigenvalue weighted by Crippen LogP contribution is 2.38. The van der Waals surface area contributed by atoms with Crippen molar-refractivity contribution in [1.29, 1.82) is 0 Å². The maximum absolute atomic E-state index is 13.9. The molecule has 56 heavy (non-hydrogen) atoms. The van der Waals surface area contributed by atoms with Gasteiger partial charge in [0.1, 0.15) is 52.8 Å². The van der Waals surface area contributed by atoms with Crippen LogP contribution >= 0.6 is 0 Å². The second kappa shape index (κ2) is 16.6. The standard InChI is InChI=1S/C40H34O16/c1-51-28-16-21(4-13-26(28)44)6-15-32(47)55-38-34(48)30(19-52-31(46)14-5-20-2-9-23(41)10-3-20)54-40(36(38)50)56-39-35(49)33-27(45)17-25(43)18-29(33)53-37(39)22-7-11-24(42)12-8-22/h2-18,30,34,36,38,40-45,48,50H,19H2,1H3. The third-order valence-electron chi connectivity index (χ3n) is 8.49. The number of aliphatic hydroxyl groups excluding tert-OH is 2. The number of aliphatic hydroxyl groups is 2. The Balaban J connectivity index is 1.32. The van der Waals surface area contributed by atoms with Crippen molar-refractivity contribution in [2.24, 2.45) is 0 Å². The van der Waals surface area contributed by atoms with Gasteiger partial charge in [0.05, 0.1) is 7.11 Å². The first-order valence-electron chi connectivity index (χ1n) is 16.7. The average Bonchev–Trinajstić information content (AvgIpc) is 3.17. The minimum absolute atomic E-state index is 0.0196. The van der Waals surface area contributed by atoms with Gasteiger partial charge in [-0.2, -0.15) is 0 Å². The van der Waals surface area contributed by atoms with Crippen LogP contribution in [0.1, 0.15) is 11.1 Å². The van der Waals surface area contributed by atoms with Crippen LogP contribution in [0.2, 0.25) is 0 Å². The van der Waals surface area contributed by atoms with Gasteiger partial charge in [-0.3, -0.25) is 4.79 Å². The number of carbonyl (C=O) groups excluding carboxylic acids is 2. The molecule has 6 rings (SSSR count). The summed E-state index contributed by atoms with van der Waals surface area (Å²) < 4.78 is 33.5. The molecule has 1 aliphatic rings. The summed E-state index contributed by atoms with van der Waals surface area (Å²) in [6, 6.07) is 17.4. The van der Waals surface area contributed by atoms with E-state index in [0.717, 1.165) is 24.3 Å². The van der Waals surface area contributed by atoms with Crippen molar-refractivity contribution in [1.82, 2.24) is 0 Å². The summed E-state index contributed by atoms with van der Waals surface area (Å²) in [6.45, 7) is -0.680. The molecular weight excluding hydrogens is 736 g/mol. The molecule has 1 aromatic heterocycles. The predicted octanol–water partition coefficient (Wildman–Crippen LogP) is 3.70. The van der Waals surface area contributed by atoms with Crippen LogP contribution in [0.5, 0.6) is 40.2 Å². The van der Waals surface area contributed by atoms with Crippen LogP contribution in [0, 0.1) is 0 Å². The number of benzene rings is 4. The number of esters is 2. The fourth-order valence-corrected chi connectivity index (χ4v) is 5.67. The first-order chi connectivity index (χ1) is 26.8. The van der Waals surface area contributed by atoms with Gasteiger partial charge in [0, 0.05) is 29.8 Å². The van der Waals surface area contributed by atoms with Crippen molar-refractivity contribution in [3.63, 3.8) is 0 Å². The van der Waals surface area contributed by atoms with Crippen LogP contribution in [-0.2, 0) is 23.8 Å². The summed E-state index contributed by atoms with van der Waals surface area (Å²) in [5.74, 6) is -4.11. The minimum atomic E-state index is -2.02. The Labute approximate surface area is 316 Å². The number of fused-ring (bicyclic) bond motifs is 1. The van der Waals surface area contributed by atoms with E-state index >= 15 is 0 Å². The molecule has 4 aromatic carbocycles. The SMILES string of the molecule is COc1cc(C=CC(=O)OC2C(O)C(COC(=O)C=Cc3ccc(O)cc3)OC(Oc3c(-c4ccc(O)cc4)oc4cc(O)cc(O)c4c3=O)C2O)ccc1O. The Morgan fingerprint density at radius 1 is 0.750 bits per heavy atom. The summed E-state index contributed by atoms with van der Waals surface area (Å²) in [5.41, 5.74) is -0.112. The molecule has 16 heteroatoms. The first kappa shape index (κ1) is 38.7. The van der Waals surface area contributed by atoms with Crippen molar-refractivity contribution in [3.8, 4) is 51.6 Å². The van der Waals surface area contributed by atoms with Crippen molar-refractivity contribution in [2.45, 2.75) is 30.7 Å². The molecule has 0 amide bonds. The molecule has 5 unspecified atom stereocenters. The largest absolute Gasteiger partial charge is 0.508 e. The molecule has 0 bridgehead atoms. The normalized spacial score (nSPS) is 19.6. The molecule has 290 valence electrons.